The highest BCUT2D eigenvalue weighted by atomic mass is 35.5. The maximum atomic E-state index is 11.2. The Bertz CT molecular complexity index is 1430. The first-order valence-electron chi connectivity index (χ1n) is 11.0. The maximum absolute atomic E-state index is 11.2. The minimum absolute atomic E-state index is 0.0375. The van der Waals surface area contributed by atoms with Gasteiger partial charge in [-0.3, -0.25) is 15.1 Å². The predicted octanol–water partition coefficient (Wildman–Crippen LogP) is 8.01. The summed E-state index contributed by atoms with van der Waals surface area (Å²) in [5.74, 6) is 0. The number of hydrogen-bond donors (Lipinski definition) is 0. The van der Waals surface area contributed by atoms with Crippen LogP contribution in [0.4, 0.5) is 5.69 Å². The molecule has 0 saturated carbocycles. The normalized spacial score (nSPS) is 10.8. The van der Waals surface area contributed by atoms with Crippen LogP contribution in [0.3, 0.4) is 0 Å². The van der Waals surface area contributed by atoms with E-state index in [1.165, 1.54) is 12.1 Å². The van der Waals surface area contributed by atoms with E-state index >= 15 is 0 Å². The van der Waals surface area contributed by atoms with Gasteiger partial charge in [0, 0.05) is 40.0 Å². The third-order valence-corrected chi connectivity index (χ3v) is 6.05. The highest BCUT2D eigenvalue weighted by Crippen LogP contribution is 2.41. The average molecular weight is 478 g/mol. The molecule has 0 spiro atoms. The number of nitrogens with zero attached hydrogens (tertiary/aromatic N) is 3. The average Bonchev–Trinajstić information content (AvgIpc) is 2.89. The molecule has 0 N–H and O–H groups in total. The first kappa shape index (κ1) is 22.4. The number of non-ortho nitro benzene ring substituents is 1. The van der Waals surface area contributed by atoms with E-state index in [1.807, 2.05) is 55.5 Å². The fourth-order valence-corrected chi connectivity index (χ4v) is 4.12. The summed E-state index contributed by atoms with van der Waals surface area (Å²) in [4.78, 5) is 20.5. The molecule has 0 unspecified atom stereocenters. The molecule has 5 rings (SSSR count). The van der Waals surface area contributed by atoms with Crippen molar-refractivity contribution in [3.05, 3.63) is 124 Å². The Morgan fingerprint density at radius 3 is 2.06 bits per heavy atom. The summed E-state index contributed by atoms with van der Waals surface area (Å²) < 4.78 is 0. The van der Waals surface area contributed by atoms with Gasteiger partial charge in [0.1, 0.15) is 0 Å². The number of aryl methyl sites for hydroxylation is 1. The number of nitro groups is 1. The van der Waals surface area contributed by atoms with Crippen LogP contribution >= 0.6 is 11.6 Å². The summed E-state index contributed by atoms with van der Waals surface area (Å²) in [7, 11) is 0. The Morgan fingerprint density at radius 1 is 0.771 bits per heavy atom. The molecule has 5 nitrogen and oxygen atoms in total. The topological polar surface area (TPSA) is 68.9 Å². The van der Waals surface area contributed by atoms with Gasteiger partial charge in [0.05, 0.1) is 22.0 Å². The third kappa shape index (κ3) is 4.67. The van der Waals surface area contributed by atoms with E-state index in [2.05, 4.69) is 29.2 Å². The summed E-state index contributed by atoms with van der Waals surface area (Å²) in [5.41, 5.74) is 8.03. The van der Waals surface area contributed by atoms with Crippen LogP contribution in [0, 0.1) is 17.0 Å². The standard InChI is InChI=1S/C29H20ClN3O2/c1-19-5-7-22(8-6-19)29-28(26-4-2-3-17-31-26)25(20-9-13-23(30)14-10-20)18-27(32-29)21-11-15-24(16-12-21)33(34)35/h2-18H,1H3. The van der Waals surface area contributed by atoms with Crippen molar-refractivity contribution in [1.29, 1.82) is 0 Å². The van der Waals surface area contributed by atoms with E-state index in [1.54, 1.807) is 18.3 Å². The number of rotatable bonds is 5. The summed E-state index contributed by atoms with van der Waals surface area (Å²) in [5, 5.41) is 11.8. The van der Waals surface area contributed by atoms with Crippen molar-refractivity contribution < 1.29 is 4.92 Å². The zero-order valence-electron chi connectivity index (χ0n) is 18.9. The van der Waals surface area contributed by atoms with Crippen molar-refractivity contribution in [2.45, 2.75) is 6.92 Å². The van der Waals surface area contributed by atoms with E-state index in [4.69, 9.17) is 16.6 Å². The van der Waals surface area contributed by atoms with Crippen LogP contribution < -0.4 is 0 Å². The molecule has 3 aromatic carbocycles. The Hall–Kier alpha value is -4.35. The van der Waals surface area contributed by atoms with E-state index in [0.29, 0.717) is 10.7 Å². The van der Waals surface area contributed by atoms with Crippen LogP contribution in [-0.2, 0) is 0 Å². The first-order valence-corrected chi connectivity index (χ1v) is 11.4. The van der Waals surface area contributed by atoms with Crippen LogP contribution in [0.2, 0.25) is 5.02 Å². The van der Waals surface area contributed by atoms with Crippen LogP contribution in [0.5, 0.6) is 0 Å². The molecule has 35 heavy (non-hydrogen) atoms. The Labute approximate surface area is 207 Å². The van der Waals surface area contributed by atoms with E-state index < -0.39 is 4.92 Å². The zero-order valence-corrected chi connectivity index (χ0v) is 19.6. The van der Waals surface area contributed by atoms with Crippen LogP contribution in [0.1, 0.15) is 5.56 Å². The van der Waals surface area contributed by atoms with E-state index in [9.17, 15) is 10.1 Å². The second-order valence-electron chi connectivity index (χ2n) is 8.17. The van der Waals surface area contributed by atoms with Gasteiger partial charge in [-0.15, -0.1) is 0 Å². The monoisotopic (exact) mass is 477 g/mol. The molecule has 5 aromatic rings. The van der Waals surface area contributed by atoms with Crippen molar-refractivity contribution in [3.63, 3.8) is 0 Å². The van der Waals surface area contributed by atoms with Gasteiger partial charge in [-0.1, -0.05) is 59.6 Å². The minimum atomic E-state index is -0.405. The van der Waals surface area contributed by atoms with Gasteiger partial charge in [-0.05, 0) is 60.5 Å². The lowest BCUT2D eigenvalue weighted by molar-refractivity contribution is -0.384. The molecule has 0 aliphatic rings. The lowest BCUT2D eigenvalue weighted by atomic mass is 9.91. The lowest BCUT2D eigenvalue weighted by Crippen LogP contribution is -1.98. The number of benzene rings is 3. The Balaban J connectivity index is 1.82. The second kappa shape index (κ2) is 9.49. The molecule has 170 valence electrons. The van der Waals surface area contributed by atoms with Gasteiger partial charge in [-0.2, -0.15) is 0 Å². The first-order chi connectivity index (χ1) is 17.0. The number of halogens is 1. The molecule has 0 fully saturated rings. The van der Waals surface area contributed by atoms with Crippen molar-refractivity contribution in [2.24, 2.45) is 0 Å². The summed E-state index contributed by atoms with van der Waals surface area (Å²) in [6, 6.07) is 30.1. The molecule has 6 heteroatoms. The third-order valence-electron chi connectivity index (χ3n) is 5.79. The Kier molecular flexibility index (Phi) is 6.08. The Morgan fingerprint density at radius 2 is 1.43 bits per heavy atom. The highest BCUT2D eigenvalue weighted by Gasteiger charge is 2.19. The maximum Gasteiger partial charge on any atom is 0.269 e. The number of hydrogen-bond acceptors (Lipinski definition) is 4. The smallest absolute Gasteiger partial charge is 0.258 e. The summed E-state index contributed by atoms with van der Waals surface area (Å²) in [6.45, 7) is 2.04. The zero-order chi connectivity index (χ0) is 24.4. The quantitative estimate of drug-likeness (QED) is 0.190. The molecular formula is C29H20ClN3O2. The van der Waals surface area contributed by atoms with E-state index in [-0.39, 0.29) is 5.69 Å². The minimum Gasteiger partial charge on any atom is -0.258 e. The van der Waals surface area contributed by atoms with Crippen molar-refractivity contribution in [2.75, 3.05) is 0 Å². The largest absolute Gasteiger partial charge is 0.269 e. The van der Waals surface area contributed by atoms with Crippen molar-refractivity contribution >= 4 is 17.3 Å². The molecule has 0 aliphatic heterocycles. The molecule has 0 amide bonds. The van der Waals surface area contributed by atoms with Gasteiger partial charge >= 0.3 is 0 Å². The number of pyridine rings is 2. The predicted molar refractivity (Wildman–Crippen MR) is 140 cm³/mol. The number of aromatic nitrogens is 2. The highest BCUT2D eigenvalue weighted by molar-refractivity contribution is 6.30. The molecule has 0 radical (unpaired) electrons. The fourth-order valence-electron chi connectivity index (χ4n) is 3.99. The van der Waals surface area contributed by atoms with Crippen LogP contribution in [-0.4, -0.2) is 14.9 Å². The fraction of sp³-hybridized carbons (Fsp3) is 0.0345. The van der Waals surface area contributed by atoms with Gasteiger partial charge < -0.3 is 0 Å². The van der Waals surface area contributed by atoms with Crippen LogP contribution in [0.15, 0.2) is 103 Å². The molecule has 0 atom stereocenters. The van der Waals surface area contributed by atoms with Gasteiger partial charge in [-0.25, -0.2) is 4.98 Å². The molecule has 2 heterocycles. The van der Waals surface area contributed by atoms with Crippen LogP contribution in [0.25, 0.3) is 44.9 Å². The van der Waals surface area contributed by atoms with Crippen molar-refractivity contribution in [3.8, 4) is 44.9 Å². The lowest BCUT2D eigenvalue weighted by Gasteiger charge is -2.17. The van der Waals surface area contributed by atoms with E-state index in [0.717, 1.165) is 44.8 Å². The molecule has 2 aromatic heterocycles. The molecular weight excluding hydrogens is 458 g/mol. The number of nitro benzene ring substituents is 1. The SMILES string of the molecule is Cc1ccc(-c2nc(-c3ccc([N+](=O)[O-])cc3)cc(-c3ccc(Cl)cc3)c2-c2ccccn2)cc1. The van der Waals surface area contributed by atoms with Gasteiger partial charge in [0.2, 0.25) is 0 Å². The van der Waals surface area contributed by atoms with Gasteiger partial charge in [0.25, 0.3) is 5.69 Å². The molecule has 0 bridgehead atoms. The van der Waals surface area contributed by atoms with Crippen molar-refractivity contribution in [1.82, 2.24) is 9.97 Å². The second-order valence-corrected chi connectivity index (χ2v) is 8.61. The molecule has 0 saturated heterocycles. The van der Waals surface area contributed by atoms with Gasteiger partial charge in [0.15, 0.2) is 0 Å². The molecule has 0 aliphatic carbocycles. The summed E-state index contributed by atoms with van der Waals surface area (Å²) >= 11 is 6.19. The summed E-state index contributed by atoms with van der Waals surface area (Å²) in [6.07, 6.45) is 1.77.